The van der Waals surface area contributed by atoms with Crippen molar-refractivity contribution in [1.29, 1.82) is 0 Å². The molecule has 174 valence electrons. The molecule has 0 radical (unpaired) electrons. The Balaban J connectivity index is 2.21. The lowest BCUT2D eigenvalue weighted by Crippen LogP contribution is -2.41. The molecule has 0 aliphatic carbocycles. The van der Waals surface area contributed by atoms with Crippen molar-refractivity contribution in [1.82, 2.24) is 18.7 Å². The van der Waals surface area contributed by atoms with E-state index < -0.39 is 53.7 Å². The standard InChI is InChI=1S/C19H24N4O9/c1-8-20-16-13(17(27)22(6)19(28)21(16)5)23(8)18-15(31-11(4)26)14(30-10(3)25)12(32-18)7-29-9(2)24/h12,14-15,18H,7H2,1-6H3/t12-,14-,15-,18-/m1/s1. The van der Waals surface area contributed by atoms with E-state index >= 15 is 0 Å². The van der Waals surface area contributed by atoms with E-state index in [9.17, 15) is 24.0 Å². The van der Waals surface area contributed by atoms with Gasteiger partial charge < -0.3 is 18.9 Å². The molecule has 0 N–H and O–H groups in total. The van der Waals surface area contributed by atoms with Gasteiger partial charge in [0, 0.05) is 34.9 Å². The van der Waals surface area contributed by atoms with Crippen LogP contribution in [0.5, 0.6) is 0 Å². The first-order chi connectivity index (χ1) is 14.9. The van der Waals surface area contributed by atoms with E-state index in [1.54, 1.807) is 6.92 Å². The number of hydrogen-bond acceptors (Lipinski definition) is 10. The smallest absolute Gasteiger partial charge is 0.332 e. The highest BCUT2D eigenvalue weighted by Crippen LogP contribution is 2.36. The third-order valence-electron chi connectivity index (χ3n) is 5.06. The van der Waals surface area contributed by atoms with Crippen molar-refractivity contribution in [2.75, 3.05) is 6.61 Å². The first-order valence-corrected chi connectivity index (χ1v) is 9.71. The van der Waals surface area contributed by atoms with E-state index in [1.807, 2.05) is 0 Å². The minimum Gasteiger partial charge on any atom is -0.463 e. The van der Waals surface area contributed by atoms with Crippen molar-refractivity contribution >= 4 is 29.1 Å². The fourth-order valence-electron chi connectivity index (χ4n) is 3.74. The second-order valence-corrected chi connectivity index (χ2v) is 7.42. The average molecular weight is 452 g/mol. The Hall–Kier alpha value is -3.48. The summed E-state index contributed by atoms with van der Waals surface area (Å²) in [6.07, 6.45) is -4.46. The summed E-state index contributed by atoms with van der Waals surface area (Å²) in [5.74, 6) is -1.66. The van der Waals surface area contributed by atoms with Crippen LogP contribution in [0.4, 0.5) is 0 Å². The molecule has 0 amide bonds. The maximum absolute atomic E-state index is 12.9. The quantitative estimate of drug-likeness (QED) is 0.411. The number of carbonyl (C=O) groups excluding carboxylic acids is 3. The number of carbonyl (C=O) groups is 3. The van der Waals surface area contributed by atoms with E-state index in [1.165, 1.54) is 44.0 Å². The topological polar surface area (TPSA) is 150 Å². The van der Waals surface area contributed by atoms with Crippen LogP contribution in [0.2, 0.25) is 0 Å². The summed E-state index contributed by atoms with van der Waals surface area (Å²) in [5.41, 5.74) is -1.07. The van der Waals surface area contributed by atoms with E-state index in [2.05, 4.69) is 4.98 Å². The maximum atomic E-state index is 12.9. The molecular formula is C19H24N4O9. The van der Waals surface area contributed by atoms with Crippen molar-refractivity contribution in [3.63, 3.8) is 0 Å². The zero-order chi connectivity index (χ0) is 23.9. The molecule has 0 unspecified atom stereocenters. The van der Waals surface area contributed by atoms with E-state index in [-0.39, 0.29) is 23.6 Å². The predicted octanol–water partition coefficient (Wildman–Crippen LogP) is -0.934. The van der Waals surface area contributed by atoms with E-state index in [0.29, 0.717) is 0 Å². The van der Waals surface area contributed by atoms with Gasteiger partial charge >= 0.3 is 23.6 Å². The molecule has 32 heavy (non-hydrogen) atoms. The van der Waals surface area contributed by atoms with Gasteiger partial charge in [0.1, 0.15) is 18.5 Å². The number of ether oxygens (including phenoxy) is 4. The first kappa shape index (κ1) is 23.2. The second kappa shape index (κ2) is 8.57. The average Bonchev–Trinajstić information content (AvgIpc) is 3.20. The molecule has 0 aromatic carbocycles. The van der Waals surface area contributed by atoms with Crippen molar-refractivity contribution in [3.05, 3.63) is 26.7 Å². The largest absolute Gasteiger partial charge is 0.463 e. The van der Waals surface area contributed by atoms with Gasteiger partial charge in [0.25, 0.3) is 5.56 Å². The van der Waals surface area contributed by atoms with Gasteiger partial charge in [-0.2, -0.15) is 0 Å². The fraction of sp³-hybridized carbons (Fsp3) is 0.579. The summed E-state index contributed by atoms with van der Waals surface area (Å²) in [6, 6.07) is 0. The van der Waals surface area contributed by atoms with Crippen LogP contribution in [0, 0.1) is 6.92 Å². The number of aromatic nitrogens is 4. The van der Waals surface area contributed by atoms with Gasteiger partial charge in [0.2, 0.25) is 0 Å². The first-order valence-electron chi connectivity index (χ1n) is 9.71. The van der Waals surface area contributed by atoms with Gasteiger partial charge in [-0.05, 0) is 6.92 Å². The van der Waals surface area contributed by atoms with Gasteiger partial charge in [-0.3, -0.25) is 32.9 Å². The monoisotopic (exact) mass is 452 g/mol. The number of fused-ring (bicyclic) bond motifs is 1. The molecular weight excluding hydrogens is 428 g/mol. The number of rotatable bonds is 5. The lowest BCUT2D eigenvalue weighted by Gasteiger charge is -2.24. The molecule has 3 rings (SSSR count). The highest BCUT2D eigenvalue weighted by Gasteiger charge is 2.51. The van der Waals surface area contributed by atoms with Crippen LogP contribution < -0.4 is 11.2 Å². The molecule has 1 fully saturated rings. The molecule has 13 nitrogen and oxygen atoms in total. The van der Waals surface area contributed by atoms with Crippen LogP contribution in [-0.2, 0) is 47.4 Å². The van der Waals surface area contributed by atoms with Gasteiger partial charge in [0.05, 0.1) is 0 Å². The molecule has 4 atom stereocenters. The van der Waals surface area contributed by atoms with Crippen LogP contribution in [0.3, 0.4) is 0 Å². The summed E-state index contributed by atoms with van der Waals surface area (Å²) in [4.78, 5) is 64.5. The molecule has 2 aromatic heterocycles. The molecule has 2 aromatic rings. The van der Waals surface area contributed by atoms with Gasteiger partial charge in [-0.15, -0.1) is 0 Å². The Bertz CT molecular complexity index is 1210. The maximum Gasteiger partial charge on any atom is 0.332 e. The molecule has 0 bridgehead atoms. The minimum atomic E-state index is -1.19. The number of esters is 3. The third kappa shape index (κ3) is 4.02. The van der Waals surface area contributed by atoms with Crippen LogP contribution in [0.1, 0.15) is 32.8 Å². The highest BCUT2D eigenvalue weighted by molar-refractivity contribution is 5.71. The zero-order valence-electron chi connectivity index (χ0n) is 18.5. The normalized spacial score (nSPS) is 22.7. The van der Waals surface area contributed by atoms with Crippen LogP contribution >= 0.6 is 0 Å². The Morgan fingerprint density at radius 3 is 2.12 bits per heavy atom. The zero-order valence-corrected chi connectivity index (χ0v) is 18.5. The summed E-state index contributed by atoms with van der Waals surface area (Å²) in [7, 11) is 2.78. The number of nitrogens with zero attached hydrogens (tertiary/aromatic N) is 4. The molecule has 0 saturated carbocycles. The highest BCUT2D eigenvalue weighted by atomic mass is 16.7. The fourth-order valence-corrected chi connectivity index (χ4v) is 3.74. The molecule has 1 aliphatic heterocycles. The number of imidazole rings is 1. The van der Waals surface area contributed by atoms with E-state index in [0.717, 1.165) is 4.57 Å². The molecule has 1 saturated heterocycles. The van der Waals surface area contributed by atoms with Crippen molar-refractivity contribution in [2.24, 2.45) is 14.1 Å². The van der Waals surface area contributed by atoms with Crippen molar-refractivity contribution < 1.29 is 33.3 Å². The summed E-state index contributed by atoms with van der Waals surface area (Å²) in [5, 5.41) is 0. The van der Waals surface area contributed by atoms with Crippen LogP contribution in [0.15, 0.2) is 9.59 Å². The lowest BCUT2D eigenvalue weighted by molar-refractivity contribution is -0.166. The van der Waals surface area contributed by atoms with Crippen molar-refractivity contribution in [3.8, 4) is 0 Å². The number of hydrogen-bond donors (Lipinski definition) is 0. The minimum absolute atomic E-state index is 0.0314. The SMILES string of the molecule is CC(=O)OC[C@H]1O[C@@H](n2c(C)nc3c2c(=O)n(C)c(=O)n3C)[C@H](OC(C)=O)[C@@H]1OC(C)=O. The predicted molar refractivity (Wildman–Crippen MR) is 107 cm³/mol. The van der Waals surface area contributed by atoms with Crippen LogP contribution in [0.25, 0.3) is 11.2 Å². The van der Waals surface area contributed by atoms with Gasteiger partial charge in [-0.1, -0.05) is 0 Å². The van der Waals surface area contributed by atoms with Gasteiger partial charge in [-0.25, -0.2) is 9.78 Å². The Morgan fingerprint density at radius 1 is 0.969 bits per heavy atom. The summed E-state index contributed by atoms with van der Waals surface area (Å²) >= 11 is 0. The second-order valence-electron chi connectivity index (χ2n) is 7.42. The number of aryl methyl sites for hydroxylation is 2. The summed E-state index contributed by atoms with van der Waals surface area (Å²) in [6.45, 7) is 4.84. The Labute approximate surface area is 181 Å². The molecule has 13 heteroatoms. The van der Waals surface area contributed by atoms with Crippen LogP contribution in [-0.4, -0.2) is 61.5 Å². The molecule has 3 heterocycles. The van der Waals surface area contributed by atoms with Gasteiger partial charge in [0.15, 0.2) is 29.6 Å². The Kier molecular flexibility index (Phi) is 6.21. The van der Waals surface area contributed by atoms with E-state index in [4.69, 9.17) is 18.9 Å². The molecule has 0 spiro atoms. The van der Waals surface area contributed by atoms with Crippen molar-refractivity contribution in [2.45, 2.75) is 52.2 Å². The summed E-state index contributed by atoms with van der Waals surface area (Å²) < 4.78 is 25.3. The third-order valence-corrected chi connectivity index (χ3v) is 5.06. The lowest BCUT2D eigenvalue weighted by atomic mass is 10.1. The Morgan fingerprint density at radius 2 is 1.56 bits per heavy atom. The molecule has 1 aliphatic rings.